The van der Waals surface area contributed by atoms with E-state index in [1.54, 1.807) is 0 Å². The van der Waals surface area contributed by atoms with Crippen molar-refractivity contribution >= 4 is 12.6 Å². The van der Waals surface area contributed by atoms with Gasteiger partial charge in [-0.05, 0) is 6.42 Å². The Hall–Kier alpha value is 0.270. The van der Waals surface area contributed by atoms with E-state index in [9.17, 15) is 0 Å². The van der Waals surface area contributed by atoms with Gasteiger partial charge in [0.15, 0.2) is 0 Å². The molecular weight excluding hydrogens is 148 g/mol. The van der Waals surface area contributed by atoms with Crippen molar-refractivity contribution in [1.82, 2.24) is 0 Å². The van der Waals surface area contributed by atoms with Gasteiger partial charge in [0, 0.05) is 12.4 Å². The Morgan fingerprint density at radius 2 is 1.60 bits per heavy atom. The summed E-state index contributed by atoms with van der Waals surface area (Å²) >= 11 is 3.67. The molecule has 0 fully saturated rings. The molecule has 0 radical (unpaired) electrons. The SMILES string of the molecule is CCCCCO.OCCS. The lowest BCUT2D eigenvalue weighted by molar-refractivity contribution is 0.284. The minimum Gasteiger partial charge on any atom is -0.396 e. The number of hydrogen-bond donors (Lipinski definition) is 3. The van der Waals surface area contributed by atoms with E-state index in [1.165, 1.54) is 6.42 Å². The molecule has 0 aromatic rings. The molecule has 3 heteroatoms. The zero-order chi connectivity index (χ0) is 8.24. The van der Waals surface area contributed by atoms with E-state index >= 15 is 0 Å². The van der Waals surface area contributed by atoms with Gasteiger partial charge in [-0.25, -0.2) is 0 Å². The van der Waals surface area contributed by atoms with E-state index in [2.05, 4.69) is 19.6 Å². The molecule has 0 aliphatic rings. The molecule has 0 aromatic heterocycles. The summed E-state index contributed by atoms with van der Waals surface area (Å²) in [5.41, 5.74) is 0. The molecule has 0 atom stereocenters. The summed E-state index contributed by atoms with van der Waals surface area (Å²) in [5, 5.41) is 16.0. The molecule has 64 valence electrons. The third-order valence-electron chi connectivity index (χ3n) is 0.862. The van der Waals surface area contributed by atoms with Gasteiger partial charge in [0.05, 0.1) is 6.61 Å². The zero-order valence-corrected chi connectivity index (χ0v) is 7.48. The van der Waals surface area contributed by atoms with Gasteiger partial charge >= 0.3 is 0 Å². The van der Waals surface area contributed by atoms with Crippen LogP contribution in [0.1, 0.15) is 26.2 Å². The lowest BCUT2D eigenvalue weighted by Crippen LogP contribution is -1.78. The molecule has 0 heterocycles. The number of thiol groups is 1. The predicted molar refractivity (Wildman–Crippen MR) is 47.5 cm³/mol. The van der Waals surface area contributed by atoms with Crippen molar-refractivity contribution in [3.05, 3.63) is 0 Å². The van der Waals surface area contributed by atoms with Crippen LogP contribution >= 0.6 is 12.6 Å². The molecule has 0 spiro atoms. The van der Waals surface area contributed by atoms with E-state index in [1.807, 2.05) is 0 Å². The molecule has 0 aromatic carbocycles. The highest BCUT2D eigenvalue weighted by Gasteiger charge is 1.76. The minimum absolute atomic E-state index is 0.184. The molecule has 0 aliphatic heterocycles. The maximum Gasteiger partial charge on any atom is 0.0519 e. The third-order valence-corrected chi connectivity index (χ3v) is 1.06. The Morgan fingerprint density at radius 3 is 1.70 bits per heavy atom. The van der Waals surface area contributed by atoms with Crippen LogP contribution in [0.15, 0.2) is 0 Å². The summed E-state index contributed by atoms with van der Waals surface area (Å²) in [4.78, 5) is 0. The van der Waals surface area contributed by atoms with Crippen LogP contribution in [0.2, 0.25) is 0 Å². The summed E-state index contributed by atoms with van der Waals surface area (Å²) in [6, 6.07) is 0. The lowest BCUT2D eigenvalue weighted by atomic mass is 10.3. The van der Waals surface area contributed by atoms with Crippen LogP contribution in [0.5, 0.6) is 0 Å². The lowest BCUT2D eigenvalue weighted by Gasteiger charge is -1.85. The summed E-state index contributed by atoms with van der Waals surface area (Å²) in [5.74, 6) is 0.569. The molecule has 2 N–H and O–H groups in total. The highest BCUT2D eigenvalue weighted by Crippen LogP contribution is 1.89. The first-order valence-electron chi connectivity index (χ1n) is 3.66. The fraction of sp³-hybridized carbons (Fsp3) is 1.00. The Balaban J connectivity index is 0. The molecule has 0 aliphatic carbocycles. The third kappa shape index (κ3) is 24.0. The molecule has 0 bridgehead atoms. The maximum atomic E-state index is 8.20. The molecule has 0 saturated carbocycles. The molecule has 0 amide bonds. The van der Waals surface area contributed by atoms with E-state index < -0.39 is 0 Å². The van der Waals surface area contributed by atoms with Gasteiger partial charge in [-0.3, -0.25) is 0 Å². The molecule has 2 nitrogen and oxygen atoms in total. The summed E-state index contributed by atoms with van der Waals surface area (Å²) < 4.78 is 0. The second kappa shape index (κ2) is 16.1. The Morgan fingerprint density at radius 1 is 1.10 bits per heavy atom. The van der Waals surface area contributed by atoms with Crippen LogP contribution < -0.4 is 0 Å². The number of aliphatic hydroxyl groups is 2. The quantitative estimate of drug-likeness (QED) is 0.432. The monoisotopic (exact) mass is 166 g/mol. The van der Waals surface area contributed by atoms with Gasteiger partial charge in [0.2, 0.25) is 0 Å². The van der Waals surface area contributed by atoms with Crippen molar-refractivity contribution < 1.29 is 10.2 Å². The Bertz CT molecular complexity index is 36.6. The van der Waals surface area contributed by atoms with Gasteiger partial charge in [-0.15, -0.1) is 0 Å². The molecule has 10 heavy (non-hydrogen) atoms. The first-order valence-corrected chi connectivity index (χ1v) is 4.29. The van der Waals surface area contributed by atoms with Crippen molar-refractivity contribution in [3.8, 4) is 0 Å². The molecular formula is C7H18O2S. The van der Waals surface area contributed by atoms with Gasteiger partial charge in [0.25, 0.3) is 0 Å². The fourth-order valence-electron chi connectivity index (χ4n) is 0.362. The maximum absolute atomic E-state index is 8.20. The van der Waals surface area contributed by atoms with Crippen molar-refractivity contribution in [1.29, 1.82) is 0 Å². The van der Waals surface area contributed by atoms with Crippen LogP contribution in [0.3, 0.4) is 0 Å². The van der Waals surface area contributed by atoms with Crippen molar-refractivity contribution in [2.24, 2.45) is 0 Å². The number of hydrogen-bond acceptors (Lipinski definition) is 3. The normalized spacial score (nSPS) is 8.40. The second-order valence-corrected chi connectivity index (χ2v) is 2.33. The van der Waals surface area contributed by atoms with Crippen molar-refractivity contribution in [2.75, 3.05) is 19.0 Å². The Kier molecular flexibility index (Phi) is 20.8. The Labute approximate surface area is 68.7 Å². The number of aliphatic hydroxyl groups excluding tert-OH is 2. The highest BCUT2D eigenvalue weighted by molar-refractivity contribution is 7.80. The van der Waals surface area contributed by atoms with Crippen LogP contribution in [-0.2, 0) is 0 Å². The van der Waals surface area contributed by atoms with E-state index in [4.69, 9.17) is 10.2 Å². The van der Waals surface area contributed by atoms with Crippen molar-refractivity contribution in [2.45, 2.75) is 26.2 Å². The smallest absolute Gasteiger partial charge is 0.0519 e. The number of unbranched alkanes of at least 4 members (excludes halogenated alkanes) is 2. The second-order valence-electron chi connectivity index (χ2n) is 1.88. The highest BCUT2D eigenvalue weighted by atomic mass is 32.1. The first-order chi connectivity index (χ1) is 4.83. The van der Waals surface area contributed by atoms with E-state index in [-0.39, 0.29) is 6.61 Å². The molecule has 0 unspecified atom stereocenters. The van der Waals surface area contributed by atoms with Gasteiger partial charge in [-0.1, -0.05) is 19.8 Å². The topological polar surface area (TPSA) is 40.5 Å². The van der Waals surface area contributed by atoms with Gasteiger partial charge < -0.3 is 10.2 Å². The van der Waals surface area contributed by atoms with E-state index in [0.717, 1.165) is 12.8 Å². The zero-order valence-electron chi connectivity index (χ0n) is 6.58. The first kappa shape index (κ1) is 12.9. The minimum atomic E-state index is 0.184. The fourth-order valence-corrected chi connectivity index (χ4v) is 0.362. The average Bonchev–Trinajstić information content (AvgIpc) is 2.01. The summed E-state index contributed by atoms with van der Waals surface area (Å²) in [6.07, 6.45) is 3.33. The van der Waals surface area contributed by atoms with Crippen LogP contribution in [-0.4, -0.2) is 29.2 Å². The van der Waals surface area contributed by atoms with Crippen LogP contribution in [0.4, 0.5) is 0 Å². The summed E-state index contributed by atoms with van der Waals surface area (Å²) in [6.45, 7) is 2.66. The molecule has 0 rings (SSSR count). The van der Waals surface area contributed by atoms with Crippen molar-refractivity contribution in [3.63, 3.8) is 0 Å². The van der Waals surface area contributed by atoms with E-state index in [0.29, 0.717) is 12.4 Å². The standard InChI is InChI=1S/C5H12O.C2H6OS/c1-2-3-4-5-6;3-1-2-4/h6H,2-5H2,1H3;3-4H,1-2H2. The number of rotatable bonds is 4. The van der Waals surface area contributed by atoms with Crippen LogP contribution in [0, 0.1) is 0 Å². The van der Waals surface area contributed by atoms with Crippen LogP contribution in [0.25, 0.3) is 0 Å². The van der Waals surface area contributed by atoms with Gasteiger partial charge in [0.1, 0.15) is 0 Å². The largest absolute Gasteiger partial charge is 0.396 e. The van der Waals surface area contributed by atoms with Gasteiger partial charge in [-0.2, -0.15) is 12.6 Å². The summed E-state index contributed by atoms with van der Waals surface area (Å²) in [7, 11) is 0. The predicted octanol–water partition coefficient (Wildman–Crippen LogP) is 1.08. The average molecular weight is 166 g/mol. The molecule has 0 saturated heterocycles.